The number of urea groups is 1. The molecule has 3 N–H and O–H groups in total. The summed E-state index contributed by atoms with van der Waals surface area (Å²) in [5, 5.41) is 14.5. The second-order valence-electron chi connectivity index (χ2n) is 4.77. The number of carboxylic acid groups (broad SMARTS) is 1. The van der Waals surface area contributed by atoms with Gasteiger partial charge in [0.25, 0.3) is 0 Å². The lowest BCUT2D eigenvalue weighted by molar-refractivity contribution is -0.137. The molecule has 0 bridgehead atoms. The number of rotatable bonds is 6. The fraction of sp³-hybridized carbons (Fsp3) is 0.429. The largest absolute Gasteiger partial charge is 0.481 e. The van der Waals surface area contributed by atoms with Crippen molar-refractivity contribution in [2.75, 3.05) is 5.32 Å². The number of carbonyl (C=O) groups excluding carboxylic acids is 1. The molecule has 1 unspecified atom stereocenters. The van der Waals surface area contributed by atoms with Crippen LogP contribution in [0.2, 0.25) is 5.02 Å². The summed E-state index contributed by atoms with van der Waals surface area (Å²) in [7, 11) is 0. The van der Waals surface area contributed by atoms with Crippen molar-refractivity contribution in [2.24, 2.45) is 0 Å². The van der Waals surface area contributed by atoms with Gasteiger partial charge in [0.15, 0.2) is 0 Å². The molecule has 1 atom stereocenters. The van der Waals surface area contributed by atoms with Crippen molar-refractivity contribution >= 4 is 29.3 Å². The maximum atomic E-state index is 11.8. The van der Waals surface area contributed by atoms with E-state index in [9.17, 15) is 9.59 Å². The highest BCUT2D eigenvalue weighted by Crippen LogP contribution is 2.22. The van der Waals surface area contributed by atoms with E-state index in [4.69, 9.17) is 16.7 Å². The Hall–Kier alpha value is -1.75. The van der Waals surface area contributed by atoms with Crippen molar-refractivity contribution in [2.45, 2.75) is 39.2 Å². The van der Waals surface area contributed by atoms with E-state index in [0.717, 1.165) is 5.56 Å². The van der Waals surface area contributed by atoms with Crippen LogP contribution in [0.3, 0.4) is 0 Å². The summed E-state index contributed by atoms with van der Waals surface area (Å²) in [5.74, 6) is -0.826. The Bertz CT molecular complexity index is 491. The molecule has 1 aromatic carbocycles. The van der Waals surface area contributed by atoms with Gasteiger partial charge in [0.05, 0.1) is 10.7 Å². The topological polar surface area (TPSA) is 78.4 Å². The van der Waals surface area contributed by atoms with Gasteiger partial charge in [-0.3, -0.25) is 4.79 Å². The molecule has 110 valence electrons. The first kappa shape index (κ1) is 16.3. The molecule has 0 heterocycles. The number of aryl methyl sites for hydroxylation is 1. The fourth-order valence-electron chi connectivity index (χ4n) is 1.75. The van der Waals surface area contributed by atoms with Crippen LogP contribution in [-0.2, 0) is 4.79 Å². The highest BCUT2D eigenvalue weighted by atomic mass is 35.5. The number of halogens is 1. The summed E-state index contributed by atoms with van der Waals surface area (Å²) < 4.78 is 0. The van der Waals surface area contributed by atoms with Crippen molar-refractivity contribution in [1.29, 1.82) is 0 Å². The van der Waals surface area contributed by atoms with Crippen LogP contribution in [0, 0.1) is 6.92 Å². The van der Waals surface area contributed by atoms with Crippen LogP contribution in [0.15, 0.2) is 18.2 Å². The zero-order valence-electron chi connectivity index (χ0n) is 11.6. The molecule has 2 amide bonds. The average molecular weight is 299 g/mol. The highest BCUT2D eigenvalue weighted by Gasteiger charge is 2.10. The van der Waals surface area contributed by atoms with E-state index in [1.165, 1.54) is 0 Å². The molecular formula is C14H19ClN2O3. The monoisotopic (exact) mass is 298 g/mol. The van der Waals surface area contributed by atoms with E-state index in [1.807, 2.05) is 19.9 Å². The van der Waals surface area contributed by atoms with E-state index in [2.05, 4.69) is 10.6 Å². The highest BCUT2D eigenvalue weighted by molar-refractivity contribution is 6.33. The number of hydrogen-bond donors (Lipinski definition) is 3. The van der Waals surface area contributed by atoms with Crippen LogP contribution in [0.25, 0.3) is 0 Å². The van der Waals surface area contributed by atoms with Gasteiger partial charge in [-0.2, -0.15) is 0 Å². The van der Waals surface area contributed by atoms with Crippen molar-refractivity contribution in [3.63, 3.8) is 0 Å². The molecule has 0 radical (unpaired) electrons. The van der Waals surface area contributed by atoms with E-state index < -0.39 is 5.97 Å². The Labute approximate surface area is 123 Å². The van der Waals surface area contributed by atoms with Gasteiger partial charge in [-0.05, 0) is 44.4 Å². The molecule has 0 aliphatic heterocycles. The van der Waals surface area contributed by atoms with Gasteiger partial charge in [0, 0.05) is 12.5 Å². The van der Waals surface area contributed by atoms with Gasteiger partial charge in [0.1, 0.15) is 0 Å². The smallest absolute Gasteiger partial charge is 0.319 e. The van der Waals surface area contributed by atoms with Gasteiger partial charge in [-0.15, -0.1) is 0 Å². The normalized spacial score (nSPS) is 11.8. The molecule has 0 spiro atoms. The van der Waals surface area contributed by atoms with Crippen molar-refractivity contribution in [1.82, 2.24) is 5.32 Å². The molecule has 20 heavy (non-hydrogen) atoms. The van der Waals surface area contributed by atoms with Crippen molar-refractivity contribution < 1.29 is 14.7 Å². The predicted octanol–water partition coefficient (Wildman–Crippen LogP) is 3.41. The van der Waals surface area contributed by atoms with Crippen LogP contribution >= 0.6 is 11.6 Å². The minimum atomic E-state index is -0.826. The standard InChI is InChI=1S/C14H19ClN2O3/c1-9-6-7-11(15)12(8-9)17-14(20)16-10(2)4-3-5-13(18)19/h6-8,10H,3-5H2,1-2H3,(H,18,19)(H2,16,17,20). The van der Waals surface area contributed by atoms with Crippen LogP contribution in [0.1, 0.15) is 31.7 Å². The summed E-state index contributed by atoms with van der Waals surface area (Å²) in [6.45, 7) is 3.74. The van der Waals surface area contributed by atoms with E-state index in [0.29, 0.717) is 23.6 Å². The van der Waals surface area contributed by atoms with Crippen molar-refractivity contribution in [3.05, 3.63) is 28.8 Å². The number of carbonyl (C=O) groups is 2. The molecule has 1 rings (SSSR count). The Morgan fingerprint density at radius 2 is 2.10 bits per heavy atom. The second kappa shape index (κ2) is 7.75. The lowest BCUT2D eigenvalue weighted by Crippen LogP contribution is -2.36. The minimum Gasteiger partial charge on any atom is -0.481 e. The first-order valence-electron chi connectivity index (χ1n) is 6.44. The zero-order valence-corrected chi connectivity index (χ0v) is 12.3. The van der Waals surface area contributed by atoms with Crippen molar-refractivity contribution in [3.8, 4) is 0 Å². The fourth-order valence-corrected chi connectivity index (χ4v) is 1.91. The number of nitrogens with one attached hydrogen (secondary N) is 2. The third-order valence-corrected chi connectivity index (χ3v) is 3.10. The molecule has 0 aliphatic rings. The number of benzene rings is 1. The van der Waals surface area contributed by atoms with E-state index >= 15 is 0 Å². The maximum Gasteiger partial charge on any atom is 0.319 e. The summed E-state index contributed by atoms with van der Waals surface area (Å²) in [4.78, 5) is 22.2. The summed E-state index contributed by atoms with van der Waals surface area (Å²) in [6, 6.07) is 4.93. The van der Waals surface area contributed by atoms with E-state index in [1.54, 1.807) is 12.1 Å². The van der Waals surface area contributed by atoms with E-state index in [-0.39, 0.29) is 18.5 Å². The first-order chi connectivity index (χ1) is 9.38. The predicted molar refractivity (Wildman–Crippen MR) is 79.3 cm³/mol. The van der Waals surface area contributed by atoms with Gasteiger partial charge in [-0.1, -0.05) is 17.7 Å². The lowest BCUT2D eigenvalue weighted by atomic mass is 10.1. The van der Waals surface area contributed by atoms with Crippen LogP contribution in [0.4, 0.5) is 10.5 Å². The zero-order chi connectivity index (χ0) is 15.1. The van der Waals surface area contributed by atoms with Crippen LogP contribution in [-0.4, -0.2) is 23.1 Å². The van der Waals surface area contributed by atoms with Gasteiger partial charge in [0.2, 0.25) is 0 Å². The number of aliphatic carboxylic acids is 1. The van der Waals surface area contributed by atoms with Gasteiger partial charge < -0.3 is 15.7 Å². The summed E-state index contributed by atoms with van der Waals surface area (Å²) >= 11 is 5.99. The summed E-state index contributed by atoms with van der Waals surface area (Å²) in [6.07, 6.45) is 1.25. The molecule has 0 saturated carbocycles. The Morgan fingerprint density at radius 3 is 2.75 bits per heavy atom. The molecule has 0 aromatic heterocycles. The molecule has 0 fully saturated rings. The quantitative estimate of drug-likeness (QED) is 0.753. The number of amides is 2. The Kier molecular flexibility index (Phi) is 6.31. The minimum absolute atomic E-state index is 0.0991. The second-order valence-corrected chi connectivity index (χ2v) is 5.18. The first-order valence-corrected chi connectivity index (χ1v) is 6.81. The van der Waals surface area contributed by atoms with Gasteiger partial charge in [-0.25, -0.2) is 4.79 Å². The van der Waals surface area contributed by atoms with Crippen LogP contribution < -0.4 is 10.6 Å². The number of anilines is 1. The molecule has 5 nitrogen and oxygen atoms in total. The van der Waals surface area contributed by atoms with Crippen LogP contribution in [0.5, 0.6) is 0 Å². The van der Waals surface area contributed by atoms with Gasteiger partial charge >= 0.3 is 12.0 Å². The summed E-state index contributed by atoms with van der Waals surface area (Å²) in [5.41, 5.74) is 1.56. The maximum absolute atomic E-state index is 11.8. The third kappa shape index (κ3) is 5.93. The third-order valence-electron chi connectivity index (χ3n) is 2.78. The Morgan fingerprint density at radius 1 is 1.40 bits per heavy atom. The Balaban J connectivity index is 2.43. The molecule has 6 heteroatoms. The molecule has 1 aromatic rings. The number of hydrogen-bond acceptors (Lipinski definition) is 2. The average Bonchev–Trinajstić information content (AvgIpc) is 2.33. The molecular weight excluding hydrogens is 280 g/mol. The molecule has 0 aliphatic carbocycles. The molecule has 0 saturated heterocycles. The lowest BCUT2D eigenvalue weighted by Gasteiger charge is -2.15. The number of carboxylic acids is 1. The SMILES string of the molecule is Cc1ccc(Cl)c(NC(=O)NC(C)CCCC(=O)O)c1.